The molecule has 0 N–H and O–H groups in total. The number of thiazole rings is 1. The standard InChI is InChI=1S/C9H7N5OS2/c1-13-8(10-5-11-13)17-7-6(4-15)14-2-3-16-9(14)12-7/h2-5H,1H3. The Kier molecular flexibility index (Phi) is 2.45. The number of fused-ring (bicyclic) bond motifs is 1. The number of aldehydes is 1. The van der Waals surface area contributed by atoms with Gasteiger partial charge >= 0.3 is 0 Å². The summed E-state index contributed by atoms with van der Waals surface area (Å²) in [6, 6.07) is 0. The van der Waals surface area contributed by atoms with Gasteiger partial charge in [0.15, 0.2) is 16.4 Å². The Balaban J connectivity index is 2.08. The van der Waals surface area contributed by atoms with E-state index in [0.29, 0.717) is 15.9 Å². The second-order valence-corrected chi connectivity index (χ2v) is 5.07. The second-order valence-electron chi connectivity index (χ2n) is 3.24. The average Bonchev–Trinajstić information content (AvgIpc) is 2.96. The molecule has 0 unspecified atom stereocenters. The lowest BCUT2D eigenvalue weighted by atomic mass is 10.5. The zero-order chi connectivity index (χ0) is 11.8. The topological polar surface area (TPSA) is 65.1 Å². The summed E-state index contributed by atoms with van der Waals surface area (Å²) in [6.45, 7) is 0. The van der Waals surface area contributed by atoms with Gasteiger partial charge in [0, 0.05) is 18.6 Å². The molecule has 0 spiro atoms. The zero-order valence-corrected chi connectivity index (χ0v) is 10.4. The minimum Gasteiger partial charge on any atom is -0.296 e. The van der Waals surface area contributed by atoms with Gasteiger partial charge in [-0.1, -0.05) is 0 Å². The van der Waals surface area contributed by atoms with Crippen molar-refractivity contribution in [2.24, 2.45) is 7.05 Å². The number of hydrogen-bond acceptors (Lipinski definition) is 6. The van der Waals surface area contributed by atoms with E-state index >= 15 is 0 Å². The number of carbonyl (C=O) groups is 1. The molecule has 8 heteroatoms. The minimum absolute atomic E-state index is 0.550. The molecule has 86 valence electrons. The average molecular weight is 265 g/mol. The lowest BCUT2D eigenvalue weighted by Crippen LogP contribution is -1.94. The van der Waals surface area contributed by atoms with Crippen molar-refractivity contribution in [3.05, 3.63) is 23.6 Å². The Labute approximate surface area is 104 Å². The van der Waals surface area contributed by atoms with Crippen LogP contribution >= 0.6 is 23.1 Å². The largest absolute Gasteiger partial charge is 0.296 e. The van der Waals surface area contributed by atoms with E-state index in [4.69, 9.17) is 0 Å². The quantitative estimate of drug-likeness (QED) is 0.671. The summed E-state index contributed by atoms with van der Waals surface area (Å²) in [4.78, 5) is 20.4. The number of imidazole rings is 1. The highest BCUT2D eigenvalue weighted by Gasteiger charge is 2.15. The van der Waals surface area contributed by atoms with Crippen LogP contribution in [0.15, 0.2) is 28.1 Å². The molecule has 0 bridgehead atoms. The van der Waals surface area contributed by atoms with E-state index in [2.05, 4.69) is 15.1 Å². The number of carbonyl (C=O) groups excluding carboxylic acids is 1. The number of hydrogen-bond donors (Lipinski definition) is 0. The van der Waals surface area contributed by atoms with Crippen LogP contribution in [0.3, 0.4) is 0 Å². The van der Waals surface area contributed by atoms with Crippen LogP contribution in [0.4, 0.5) is 0 Å². The normalized spacial score (nSPS) is 11.1. The molecule has 3 aromatic heterocycles. The van der Waals surface area contributed by atoms with Crippen LogP contribution in [0, 0.1) is 0 Å². The molecule has 0 aromatic carbocycles. The fourth-order valence-corrected chi connectivity index (χ4v) is 3.04. The van der Waals surface area contributed by atoms with Crippen LogP contribution in [-0.4, -0.2) is 30.4 Å². The van der Waals surface area contributed by atoms with Crippen molar-refractivity contribution in [1.29, 1.82) is 0 Å². The van der Waals surface area contributed by atoms with Gasteiger partial charge in [-0.25, -0.2) is 14.6 Å². The van der Waals surface area contributed by atoms with Crippen LogP contribution in [0.25, 0.3) is 4.96 Å². The molecule has 0 radical (unpaired) electrons. The fraction of sp³-hybridized carbons (Fsp3) is 0.111. The molecule has 17 heavy (non-hydrogen) atoms. The highest BCUT2D eigenvalue weighted by atomic mass is 32.2. The Morgan fingerprint density at radius 3 is 3.12 bits per heavy atom. The lowest BCUT2D eigenvalue weighted by molar-refractivity contribution is 0.111. The smallest absolute Gasteiger partial charge is 0.195 e. The maximum Gasteiger partial charge on any atom is 0.195 e. The first-order valence-corrected chi connectivity index (χ1v) is 6.42. The monoisotopic (exact) mass is 265 g/mol. The van der Waals surface area contributed by atoms with Gasteiger partial charge in [-0.15, -0.1) is 11.3 Å². The summed E-state index contributed by atoms with van der Waals surface area (Å²) in [5, 5.41) is 7.23. The molecule has 3 aromatic rings. The van der Waals surface area contributed by atoms with Gasteiger partial charge in [0.2, 0.25) is 0 Å². The summed E-state index contributed by atoms with van der Waals surface area (Å²) in [7, 11) is 1.80. The zero-order valence-electron chi connectivity index (χ0n) is 8.77. The molecule has 0 atom stereocenters. The van der Waals surface area contributed by atoms with Crippen molar-refractivity contribution in [2.75, 3.05) is 0 Å². The van der Waals surface area contributed by atoms with E-state index in [1.54, 1.807) is 16.1 Å². The first-order valence-electron chi connectivity index (χ1n) is 4.72. The number of rotatable bonds is 3. The molecule has 0 aliphatic carbocycles. The van der Waals surface area contributed by atoms with Gasteiger partial charge < -0.3 is 0 Å². The van der Waals surface area contributed by atoms with Gasteiger partial charge in [0.05, 0.1) is 0 Å². The van der Waals surface area contributed by atoms with Crippen LogP contribution in [0.5, 0.6) is 0 Å². The minimum atomic E-state index is 0.550. The van der Waals surface area contributed by atoms with Crippen LogP contribution < -0.4 is 0 Å². The fourth-order valence-electron chi connectivity index (χ4n) is 1.43. The number of aryl methyl sites for hydroxylation is 1. The Morgan fingerprint density at radius 1 is 1.53 bits per heavy atom. The summed E-state index contributed by atoms with van der Waals surface area (Å²) in [6.07, 6.45) is 4.12. The van der Waals surface area contributed by atoms with Crippen LogP contribution in [0.2, 0.25) is 0 Å². The highest BCUT2D eigenvalue weighted by molar-refractivity contribution is 7.99. The van der Waals surface area contributed by atoms with Crippen molar-refractivity contribution in [2.45, 2.75) is 10.2 Å². The molecule has 3 rings (SSSR count). The highest BCUT2D eigenvalue weighted by Crippen LogP contribution is 2.29. The molecule has 0 fully saturated rings. The Morgan fingerprint density at radius 2 is 2.41 bits per heavy atom. The molecule has 3 heterocycles. The van der Waals surface area contributed by atoms with Crippen molar-refractivity contribution >= 4 is 34.3 Å². The summed E-state index contributed by atoms with van der Waals surface area (Å²) in [5.41, 5.74) is 0.550. The summed E-state index contributed by atoms with van der Waals surface area (Å²) < 4.78 is 3.42. The van der Waals surface area contributed by atoms with Gasteiger partial charge in [0.1, 0.15) is 17.0 Å². The number of nitrogens with zero attached hydrogens (tertiary/aromatic N) is 5. The molecule has 0 saturated heterocycles. The van der Waals surface area contributed by atoms with Gasteiger partial charge in [0.25, 0.3) is 0 Å². The lowest BCUT2D eigenvalue weighted by Gasteiger charge is -1.97. The summed E-state index contributed by atoms with van der Waals surface area (Å²) >= 11 is 2.83. The van der Waals surface area contributed by atoms with Crippen molar-refractivity contribution < 1.29 is 4.79 Å². The molecular weight excluding hydrogens is 258 g/mol. The molecular formula is C9H7N5OS2. The third-order valence-electron chi connectivity index (χ3n) is 2.23. The van der Waals surface area contributed by atoms with Crippen molar-refractivity contribution in [3.8, 4) is 0 Å². The third kappa shape index (κ3) is 1.65. The van der Waals surface area contributed by atoms with E-state index in [-0.39, 0.29) is 0 Å². The Hall–Kier alpha value is -1.67. The molecule has 6 nitrogen and oxygen atoms in total. The van der Waals surface area contributed by atoms with E-state index in [1.165, 1.54) is 29.4 Å². The van der Waals surface area contributed by atoms with E-state index < -0.39 is 0 Å². The van der Waals surface area contributed by atoms with Crippen LogP contribution in [-0.2, 0) is 7.05 Å². The van der Waals surface area contributed by atoms with E-state index in [0.717, 1.165) is 11.2 Å². The second kappa shape index (κ2) is 3.97. The van der Waals surface area contributed by atoms with Gasteiger partial charge in [-0.2, -0.15) is 5.10 Å². The van der Waals surface area contributed by atoms with E-state index in [9.17, 15) is 4.79 Å². The maximum absolute atomic E-state index is 11.1. The molecule has 0 saturated carbocycles. The van der Waals surface area contributed by atoms with Gasteiger partial charge in [-0.05, 0) is 11.8 Å². The van der Waals surface area contributed by atoms with Crippen molar-refractivity contribution in [1.82, 2.24) is 24.1 Å². The Bertz CT molecular complexity index is 682. The predicted molar refractivity (Wildman–Crippen MR) is 63.6 cm³/mol. The SMILES string of the molecule is Cn1ncnc1Sc1nc2sccn2c1C=O. The first kappa shape index (κ1) is 10.5. The number of aromatic nitrogens is 5. The van der Waals surface area contributed by atoms with Crippen molar-refractivity contribution in [3.63, 3.8) is 0 Å². The molecule has 0 amide bonds. The summed E-state index contributed by atoms with van der Waals surface area (Å²) in [5.74, 6) is 0. The van der Waals surface area contributed by atoms with E-state index in [1.807, 2.05) is 11.6 Å². The van der Waals surface area contributed by atoms with Crippen LogP contribution in [0.1, 0.15) is 10.5 Å². The predicted octanol–water partition coefficient (Wildman–Crippen LogP) is 1.49. The maximum atomic E-state index is 11.1. The first-order chi connectivity index (χ1) is 8.29. The molecule has 0 aliphatic heterocycles. The molecule has 0 aliphatic rings. The third-order valence-corrected chi connectivity index (χ3v) is 4.04. The van der Waals surface area contributed by atoms with Gasteiger partial charge in [-0.3, -0.25) is 9.20 Å².